The van der Waals surface area contributed by atoms with E-state index < -0.39 is 0 Å². The van der Waals surface area contributed by atoms with Crippen molar-refractivity contribution in [1.29, 1.82) is 0 Å². The molecule has 16 heavy (non-hydrogen) atoms. The zero-order valence-electron chi connectivity index (χ0n) is 11.1. The van der Waals surface area contributed by atoms with Gasteiger partial charge in [0.15, 0.2) is 0 Å². The fourth-order valence-corrected chi connectivity index (χ4v) is 2.48. The molecule has 0 saturated carbocycles. The molecule has 0 aromatic heterocycles. The molecule has 3 atom stereocenters. The highest BCUT2D eigenvalue weighted by atomic mass is 16.5. The van der Waals surface area contributed by atoms with Crippen LogP contribution in [0.25, 0.3) is 0 Å². The molecule has 1 rings (SSSR count). The summed E-state index contributed by atoms with van der Waals surface area (Å²) in [6.07, 6.45) is 5.15. The predicted molar refractivity (Wildman–Crippen MR) is 69.7 cm³/mol. The van der Waals surface area contributed by atoms with Gasteiger partial charge in [-0.3, -0.25) is 0 Å². The van der Waals surface area contributed by atoms with Crippen LogP contribution in [0.5, 0.6) is 0 Å². The third-order valence-corrected chi connectivity index (χ3v) is 3.49. The molecule has 0 radical (unpaired) electrons. The molecular formula is C14H27NO. The number of ether oxygens (including phenoxy) is 1. The number of rotatable bonds is 7. The Hall–Kier alpha value is -0.340. The van der Waals surface area contributed by atoms with Crippen LogP contribution in [0.15, 0.2) is 12.2 Å². The molecule has 0 aliphatic carbocycles. The molecule has 1 heterocycles. The summed E-state index contributed by atoms with van der Waals surface area (Å²) in [6.45, 7) is 12.6. The third-order valence-electron chi connectivity index (χ3n) is 3.49. The second-order valence-electron chi connectivity index (χ2n) is 5.08. The van der Waals surface area contributed by atoms with Gasteiger partial charge in [0.05, 0.1) is 6.10 Å². The fraction of sp³-hybridized carbons (Fsp3) is 0.857. The predicted octanol–water partition coefficient (Wildman–Crippen LogP) is 3.14. The Labute approximate surface area is 100 Å². The number of hydrogen-bond acceptors (Lipinski definition) is 2. The number of allylic oxidation sites excluding steroid dienone is 1. The van der Waals surface area contributed by atoms with Crippen molar-refractivity contribution >= 4 is 0 Å². The summed E-state index contributed by atoms with van der Waals surface area (Å²) in [7, 11) is 0. The van der Waals surface area contributed by atoms with Gasteiger partial charge in [0.2, 0.25) is 0 Å². The van der Waals surface area contributed by atoms with Gasteiger partial charge in [-0.25, -0.2) is 0 Å². The minimum Gasteiger partial charge on any atom is -0.378 e. The maximum absolute atomic E-state index is 5.67. The molecule has 0 aromatic rings. The monoisotopic (exact) mass is 225 g/mol. The molecule has 0 aromatic carbocycles. The Balaban J connectivity index is 2.44. The smallest absolute Gasteiger partial charge is 0.0590 e. The van der Waals surface area contributed by atoms with Gasteiger partial charge in [-0.05, 0) is 46.1 Å². The summed E-state index contributed by atoms with van der Waals surface area (Å²) in [5.74, 6) is 0.686. The first-order chi connectivity index (χ1) is 7.65. The normalized spacial score (nSPS) is 26.9. The molecule has 0 amide bonds. The quantitative estimate of drug-likeness (QED) is 0.672. The van der Waals surface area contributed by atoms with Gasteiger partial charge in [0, 0.05) is 18.6 Å². The van der Waals surface area contributed by atoms with Gasteiger partial charge in [-0.15, -0.1) is 6.58 Å². The number of nitrogens with one attached hydrogen (secondary N) is 1. The lowest BCUT2D eigenvalue weighted by molar-refractivity contribution is 0.0943. The van der Waals surface area contributed by atoms with Gasteiger partial charge in [0.1, 0.15) is 0 Å². The van der Waals surface area contributed by atoms with Gasteiger partial charge in [-0.1, -0.05) is 12.5 Å². The molecule has 1 N–H and O–H groups in total. The second kappa shape index (κ2) is 7.08. The summed E-state index contributed by atoms with van der Waals surface area (Å²) < 4.78 is 5.67. The summed E-state index contributed by atoms with van der Waals surface area (Å²) >= 11 is 0. The van der Waals surface area contributed by atoms with Crippen LogP contribution in [0, 0.1) is 5.92 Å². The van der Waals surface area contributed by atoms with Crippen LogP contribution in [0.4, 0.5) is 0 Å². The van der Waals surface area contributed by atoms with E-state index in [9.17, 15) is 0 Å². The molecule has 2 heteroatoms. The molecule has 2 nitrogen and oxygen atoms in total. The topological polar surface area (TPSA) is 21.3 Å². The molecule has 3 unspecified atom stereocenters. The van der Waals surface area contributed by atoms with E-state index in [4.69, 9.17) is 4.74 Å². The van der Waals surface area contributed by atoms with Gasteiger partial charge in [0.25, 0.3) is 0 Å². The van der Waals surface area contributed by atoms with Gasteiger partial charge < -0.3 is 10.1 Å². The van der Waals surface area contributed by atoms with Crippen molar-refractivity contribution < 1.29 is 4.74 Å². The largest absolute Gasteiger partial charge is 0.378 e. The molecule has 1 saturated heterocycles. The van der Waals surface area contributed by atoms with Crippen LogP contribution in [0.2, 0.25) is 0 Å². The molecule has 1 aliphatic rings. The molecule has 94 valence electrons. The average Bonchev–Trinajstić information content (AvgIpc) is 2.65. The molecular weight excluding hydrogens is 198 g/mol. The first kappa shape index (κ1) is 13.7. The standard InChI is InChI=1S/C14H27NO/c1-5-9-15-14(7-6-11(2)3)13-8-10-16-12(13)4/h12-15H,2,5-10H2,1,3-4H3. The van der Waals surface area contributed by atoms with E-state index in [1.165, 1.54) is 24.8 Å². The maximum atomic E-state index is 5.67. The van der Waals surface area contributed by atoms with Crippen molar-refractivity contribution in [3.8, 4) is 0 Å². The Morgan fingerprint density at radius 2 is 2.31 bits per heavy atom. The van der Waals surface area contributed by atoms with E-state index in [1.807, 2.05) is 0 Å². The summed E-state index contributed by atoms with van der Waals surface area (Å²) in [5.41, 5.74) is 1.29. The highest BCUT2D eigenvalue weighted by molar-refractivity contribution is 4.92. The highest BCUT2D eigenvalue weighted by Crippen LogP contribution is 2.26. The van der Waals surface area contributed by atoms with Crippen molar-refractivity contribution in [3.63, 3.8) is 0 Å². The summed E-state index contributed by atoms with van der Waals surface area (Å²) in [6, 6.07) is 0.606. The first-order valence-corrected chi connectivity index (χ1v) is 6.64. The van der Waals surface area contributed by atoms with Gasteiger partial charge in [-0.2, -0.15) is 0 Å². The van der Waals surface area contributed by atoms with Crippen LogP contribution in [-0.4, -0.2) is 25.3 Å². The van der Waals surface area contributed by atoms with Crippen molar-refractivity contribution in [1.82, 2.24) is 5.32 Å². The van der Waals surface area contributed by atoms with Crippen molar-refractivity contribution in [2.24, 2.45) is 5.92 Å². The van der Waals surface area contributed by atoms with Crippen LogP contribution >= 0.6 is 0 Å². The van der Waals surface area contributed by atoms with Crippen molar-refractivity contribution in [2.75, 3.05) is 13.2 Å². The highest BCUT2D eigenvalue weighted by Gasteiger charge is 2.30. The fourth-order valence-electron chi connectivity index (χ4n) is 2.48. The maximum Gasteiger partial charge on any atom is 0.0590 e. The molecule has 0 spiro atoms. The van der Waals surface area contributed by atoms with E-state index >= 15 is 0 Å². The lowest BCUT2D eigenvalue weighted by atomic mass is 9.89. The number of hydrogen-bond donors (Lipinski definition) is 1. The zero-order valence-corrected chi connectivity index (χ0v) is 11.1. The lowest BCUT2D eigenvalue weighted by Crippen LogP contribution is -2.39. The summed E-state index contributed by atoms with van der Waals surface area (Å²) in [5, 5.41) is 3.68. The molecule has 1 fully saturated rings. The first-order valence-electron chi connectivity index (χ1n) is 6.64. The average molecular weight is 225 g/mol. The van der Waals surface area contributed by atoms with Crippen molar-refractivity contribution in [3.05, 3.63) is 12.2 Å². The SMILES string of the molecule is C=C(C)CCC(NCCC)C1CCOC1C. The second-order valence-corrected chi connectivity index (χ2v) is 5.08. The minimum atomic E-state index is 0.416. The minimum absolute atomic E-state index is 0.416. The Bertz CT molecular complexity index is 215. The molecule has 1 aliphatic heterocycles. The van der Waals surface area contributed by atoms with E-state index in [0.717, 1.165) is 19.6 Å². The Kier molecular flexibility index (Phi) is 6.07. The molecule has 0 bridgehead atoms. The summed E-state index contributed by atoms with van der Waals surface area (Å²) in [4.78, 5) is 0. The van der Waals surface area contributed by atoms with E-state index in [0.29, 0.717) is 18.1 Å². The Morgan fingerprint density at radius 1 is 1.56 bits per heavy atom. The van der Waals surface area contributed by atoms with Crippen LogP contribution in [-0.2, 0) is 4.74 Å². The van der Waals surface area contributed by atoms with E-state index in [1.54, 1.807) is 0 Å². The van der Waals surface area contributed by atoms with E-state index in [2.05, 4.69) is 32.7 Å². The Morgan fingerprint density at radius 3 is 2.81 bits per heavy atom. The zero-order chi connectivity index (χ0) is 12.0. The van der Waals surface area contributed by atoms with Crippen LogP contribution in [0.1, 0.15) is 46.5 Å². The lowest BCUT2D eigenvalue weighted by Gasteiger charge is -2.27. The third kappa shape index (κ3) is 4.26. The van der Waals surface area contributed by atoms with Crippen LogP contribution in [0.3, 0.4) is 0 Å². The van der Waals surface area contributed by atoms with Crippen LogP contribution < -0.4 is 5.32 Å². The van der Waals surface area contributed by atoms with Crippen molar-refractivity contribution in [2.45, 2.75) is 58.6 Å². The van der Waals surface area contributed by atoms with Gasteiger partial charge >= 0.3 is 0 Å². The van der Waals surface area contributed by atoms with E-state index in [-0.39, 0.29) is 0 Å².